The highest BCUT2D eigenvalue weighted by molar-refractivity contribution is 5.95. The summed E-state index contributed by atoms with van der Waals surface area (Å²) in [6.45, 7) is 3.69. The zero-order chi connectivity index (χ0) is 23.9. The summed E-state index contributed by atoms with van der Waals surface area (Å²) in [6, 6.07) is 15.1. The van der Waals surface area contributed by atoms with Gasteiger partial charge in [-0.15, -0.1) is 0 Å². The molecule has 1 N–H and O–H groups in total. The van der Waals surface area contributed by atoms with Gasteiger partial charge < -0.3 is 14.6 Å². The van der Waals surface area contributed by atoms with Gasteiger partial charge in [0, 0.05) is 30.3 Å². The molecule has 6 rings (SSSR count). The molecule has 4 aromatic rings. The number of fused-ring (bicyclic) bond motifs is 3. The van der Waals surface area contributed by atoms with Gasteiger partial charge in [-0.1, -0.05) is 18.2 Å². The van der Waals surface area contributed by atoms with Gasteiger partial charge >= 0.3 is 5.69 Å². The summed E-state index contributed by atoms with van der Waals surface area (Å²) in [5.41, 5.74) is 4.87. The Labute approximate surface area is 201 Å². The van der Waals surface area contributed by atoms with E-state index < -0.39 is 5.82 Å². The summed E-state index contributed by atoms with van der Waals surface area (Å²) >= 11 is 0. The standard InChI is InChI=1S/C28H25F2N3O2/c29-19-7-8-21-22(20-4-3-5-24(30)23(20)17-35-27(21)16-19)14-18-6-9-26-25(15-18)31-28(34)33(26)13-12-32-10-1-2-11-32/h3-9,14-16H,1-2,10-13,17H2,(H,31,34). The van der Waals surface area contributed by atoms with Gasteiger partial charge in [-0.25, -0.2) is 13.6 Å². The Balaban J connectivity index is 1.43. The molecule has 0 saturated carbocycles. The molecule has 0 amide bonds. The zero-order valence-electron chi connectivity index (χ0n) is 19.2. The van der Waals surface area contributed by atoms with Crippen molar-refractivity contribution in [2.75, 3.05) is 19.6 Å². The third kappa shape index (κ3) is 4.06. The second-order valence-electron chi connectivity index (χ2n) is 9.16. The molecular formula is C28H25F2N3O2. The van der Waals surface area contributed by atoms with Crippen LogP contribution in [0.3, 0.4) is 0 Å². The average molecular weight is 474 g/mol. The Morgan fingerprint density at radius 1 is 0.971 bits per heavy atom. The molecule has 2 aliphatic heterocycles. The Bertz CT molecular complexity index is 1510. The number of halogens is 2. The van der Waals surface area contributed by atoms with E-state index in [4.69, 9.17) is 4.74 Å². The Morgan fingerprint density at radius 3 is 2.69 bits per heavy atom. The number of benzene rings is 3. The third-order valence-electron chi connectivity index (χ3n) is 6.96. The van der Waals surface area contributed by atoms with Crippen molar-refractivity contribution in [1.82, 2.24) is 14.5 Å². The van der Waals surface area contributed by atoms with Crippen molar-refractivity contribution in [3.63, 3.8) is 0 Å². The number of nitrogens with zero attached hydrogens (tertiary/aromatic N) is 2. The molecule has 0 unspecified atom stereocenters. The Morgan fingerprint density at radius 2 is 1.83 bits per heavy atom. The molecule has 3 heterocycles. The van der Waals surface area contributed by atoms with Gasteiger partial charge in [0.05, 0.1) is 11.0 Å². The summed E-state index contributed by atoms with van der Waals surface area (Å²) < 4.78 is 36.2. The van der Waals surface area contributed by atoms with Crippen LogP contribution in [0.15, 0.2) is 59.4 Å². The van der Waals surface area contributed by atoms with Gasteiger partial charge in [0.2, 0.25) is 0 Å². The highest BCUT2D eigenvalue weighted by Gasteiger charge is 2.22. The number of aromatic nitrogens is 2. The molecule has 0 spiro atoms. The number of imidazole rings is 1. The molecule has 0 radical (unpaired) electrons. The molecule has 3 aromatic carbocycles. The second-order valence-corrected chi connectivity index (χ2v) is 9.16. The van der Waals surface area contributed by atoms with E-state index in [9.17, 15) is 13.6 Å². The van der Waals surface area contributed by atoms with Crippen LogP contribution >= 0.6 is 0 Å². The molecule has 1 aromatic heterocycles. The number of ether oxygens (including phenoxy) is 1. The van der Waals surface area contributed by atoms with E-state index in [1.807, 2.05) is 30.3 Å². The van der Waals surface area contributed by atoms with Crippen LogP contribution in [-0.2, 0) is 13.2 Å². The maximum atomic E-state index is 14.7. The van der Waals surface area contributed by atoms with E-state index in [1.165, 1.54) is 31.0 Å². The molecule has 1 fully saturated rings. The quantitative estimate of drug-likeness (QED) is 0.444. The van der Waals surface area contributed by atoms with E-state index >= 15 is 0 Å². The fourth-order valence-corrected chi connectivity index (χ4v) is 5.15. The van der Waals surface area contributed by atoms with Crippen LogP contribution in [0.5, 0.6) is 5.75 Å². The first-order valence-corrected chi connectivity index (χ1v) is 11.9. The van der Waals surface area contributed by atoms with Gasteiger partial charge in [0.1, 0.15) is 24.0 Å². The smallest absolute Gasteiger partial charge is 0.326 e. The minimum atomic E-state index is -0.413. The largest absolute Gasteiger partial charge is 0.488 e. The predicted octanol–water partition coefficient (Wildman–Crippen LogP) is 5.18. The van der Waals surface area contributed by atoms with Crippen molar-refractivity contribution in [3.05, 3.63) is 99.0 Å². The molecule has 7 heteroatoms. The highest BCUT2D eigenvalue weighted by atomic mass is 19.1. The average Bonchev–Trinajstić information content (AvgIpc) is 3.43. The Hall–Kier alpha value is -3.71. The fraction of sp³-hybridized carbons (Fsp3) is 0.250. The SMILES string of the molecule is O=c1[nH]c2cc(C=C3c4ccc(F)cc4OCc4c(F)cccc43)ccc2n1CCN1CCCC1. The van der Waals surface area contributed by atoms with Gasteiger partial charge in [-0.2, -0.15) is 0 Å². The fourth-order valence-electron chi connectivity index (χ4n) is 5.15. The predicted molar refractivity (Wildman–Crippen MR) is 132 cm³/mol. The maximum Gasteiger partial charge on any atom is 0.326 e. The first-order chi connectivity index (χ1) is 17.1. The molecule has 2 aliphatic rings. The van der Waals surface area contributed by atoms with E-state index in [2.05, 4.69) is 9.88 Å². The summed E-state index contributed by atoms with van der Waals surface area (Å²) in [5.74, 6) is -0.408. The lowest BCUT2D eigenvalue weighted by molar-refractivity contribution is 0.299. The number of hydrogen-bond acceptors (Lipinski definition) is 3. The first kappa shape index (κ1) is 21.8. The van der Waals surface area contributed by atoms with Crippen LogP contribution in [-0.4, -0.2) is 34.1 Å². The lowest BCUT2D eigenvalue weighted by Gasteiger charge is -2.14. The van der Waals surface area contributed by atoms with Crippen molar-refractivity contribution in [1.29, 1.82) is 0 Å². The second kappa shape index (κ2) is 8.82. The van der Waals surface area contributed by atoms with E-state index in [0.717, 1.165) is 41.8 Å². The van der Waals surface area contributed by atoms with Crippen molar-refractivity contribution in [3.8, 4) is 5.75 Å². The van der Waals surface area contributed by atoms with Crippen molar-refractivity contribution in [2.24, 2.45) is 0 Å². The zero-order valence-corrected chi connectivity index (χ0v) is 19.2. The Kier molecular flexibility index (Phi) is 5.49. The van der Waals surface area contributed by atoms with E-state index in [0.29, 0.717) is 29.0 Å². The summed E-state index contributed by atoms with van der Waals surface area (Å²) in [5, 5.41) is 0. The molecule has 0 atom stereocenters. The number of likely N-dealkylation sites (tertiary alicyclic amines) is 1. The number of rotatable bonds is 4. The van der Waals surface area contributed by atoms with Crippen LogP contribution in [0, 0.1) is 11.6 Å². The number of H-pyrrole nitrogens is 1. The van der Waals surface area contributed by atoms with Crippen LogP contribution in [0.25, 0.3) is 22.7 Å². The molecule has 5 nitrogen and oxygen atoms in total. The van der Waals surface area contributed by atoms with Crippen LogP contribution in [0.4, 0.5) is 8.78 Å². The summed E-state index contributed by atoms with van der Waals surface area (Å²) in [4.78, 5) is 18.0. The summed E-state index contributed by atoms with van der Waals surface area (Å²) in [6.07, 6.45) is 4.37. The molecule has 0 aliphatic carbocycles. The van der Waals surface area contributed by atoms with Crippen LogP contribution in [0.2, 0.25) is 0 Å². The van der Waals surface area contributed by atoms with Gasteiger partial charge in [-0.05, 0) is 79.0 Å². The van der Waals surface area contributed by atoms with Crippen molar-refractivity contribution >= 4 is 22.7 Å². The van der Waals surface area contributed by atoms with Gasteiger partial charge in [0.15, 0.2) is 0 Å². The highest BCUT2D eigenvalue weighted by Crippen LogP contribution is 2.39. The molecule has 0 bridgehead atoms. The number of aromatic amines is 1. The first-order valence-electron chi connectivity index (χ1n) is 11.9. The number of hydrogen-bond donors (Lipinski definition) is 1. The van der Waals surface area contributed by atoms with Crippen LogP contribution in [0.1, 0.15) is 35.1 Å². The lowest BCUT2D eigenvalue weighted by Crippen LogP contribution is -2.28. The monoisotopic (exact) mass is 473 g/mol. The minimum absolute atomic E-state index is 0.0159. The number of nitrogens with one attached hydrogen (secondary N) is 1. The lowest BCUT2D eigenvalue weighted by atomic mass is 9.92. The topological polar surface area (TPSA) is 50.3 Å². The molecular weight excluding hydrogens is 448 g/mol. The maximum absolute atomic E-state index is 14.7. The third-order valence-corrected chi connectivity index (χ3v) is 6.96. The molecule has 178 valence electrons. The normalized spacial score (nSPS) is 16.8. The van der Waals surface area contributed by atoms with E-state index in [-0.39, 0.29) is 18.1 Å². The van der Waals surface area contributed by atoms with E-state index in [1.54, 1.807) is 16.7 Å². The van der Waals surface area contributed by atoms with Gasteiger partial charge in [-0.3, -0.25) is 4.57 Å². The van der Waals surface area contributed by atoms with Crippen molar-refractivity contribution < 1.29 is 13.5 Å². The molecule has 1 saturated heterocycles. The van der Waals surface area contributed by atoms with Crippen LogP contribution < -0.4 is 10.4 Å². The summed E-state index contributed by atoms with van der Waals surface area (Å²) in [7, 11) is 0. The minimum Gasteiger partial charge on any atom is -0.488 e. The van der Waals surface area contributed by atoms with Gasteiger partial charge in [0.25, 0.3) is 0 Å². The molecule has 35 heavy (non-hydrogen) atoms. The van der Waals surface area contributed by atoms with Crippen molar-refractivity contribution in [2.45, 2.75) is 26.0 Å².